The third-order valence-corrected chi connectivity index (χ3v) is 4.09. The van der Waals surface area contributed by atoms with Crippen molar-refractivity contribution in [2.75, 3.05) is 6.54 Å². The van der Waals surface area contributed by atoms with Gasteiger partial charge in [0.2, 0.25) is 0 Å². The minimum atomic E-state index is -0.815. The molecule has 4 N–H and O–H groups in total. The van der Waals surface area contributed by atoms with Crippen LogP contribution in [0.4, 0.5) is 0 Å². The first-order valence-electron chi connectivity index (χ1n) is 10.3. The molecule has 0 spiro atoms. The number of H-pyrrole nitrogens is 1. The molecule has 1 amide bonds. The van der Waals surface area contributed by atoms with Crippen molar-refractivity contribution in [3.63, 3.8) is 0 Å². The zero-order valence-corrected chi connectivity index (χ0v) is 14.4. The van der Waals surface area contributed by atoms with Crippen LogP contribution in [-0.2, 0) is 17.8 Å². The summed E-state index contributed by atoms with van der Waals surface area (Å²) in [7, 11) is 0. The number of hydrogen-bond donors (Lipinski definition) is 4. The molecule has 0 fully saturated rings. The largest absolute Gasteiger partial charge is 0.358 e. The minimum Gasteiger partial charge on any atom is -0.358 e. The first kappa shape index (κ1) is 13.3. The van der Waals surface area contributed by atoms with E-state index in [-0.39, 0.29) is 41.8 Å². The van der Waals surface area contributed by atoms with Gasteiger partial charge in [-0.1, -0.05) is 42.4 Å². The molecule has 3 aromatic rings. The lowest BCUT2D eigenvalue weighted by molar-refractivity contribution is -0.124. The van der Waals surface area contributed by atoms with Crippen LogP contribution in [0.15, 0.2) is 54.5 Å². The number of carbonyl (C=O) groups excluding carboxylic acids is 1. The van der Waals surface area contributed by atoms with E-state index in [1.165, 1.54) is 16.4 Å². The van der Waals surface area contributed by atoms with Gasteiger partial charge in [-0.05, 0) is 48.7 Å². The van der Waals surface area contributed by atoms with Gasteiger partial charge in [-0.25, -0.2) is 5.48 Å². The monoisotopic (exact) mass is 353 g/mol. The number of benzene rings is 2. The van der Waals surface area contributed by atoms with Gasteiger partial charge in [0, 0.05) is 29.2 Å². The fourth-order valence-corrected chi connectivity index (χ4v) is 2.80. The number of nitrogens with one attached hydrogen (secondary N) is 3. The summed E-state index contributed by atoms with van der Waals surface area (Å²) < 4.78 is 32.6. The first-order chi connectivity index (χ1) is 14.3. The number of aromatic amines is 1. The lowest BCUT2D eigenvalue weighted by Gasteiger charge is -2.06. The van der Waals surface area contributed by atoms with Crippen molar-refractivity contribution in [1.29, 1.82) is 0 Å². The summed E-state index contributed by atoms with van der Waals surface area (Å²) >= 11 is 0. The maximum Gasteiger partial charge on any atom is 0.267 e. The topological polar surface area (TPSA) is 77.2 Å². The maximum atomic E-state index is 11.1. The molecule has 5 heteroatoms. The van der Waals surface area contributed by atoms with Crippen LogP contribution >= 0.6 is 0 Å². The Morgan fingerprint density at radius 2 is 2.04 bits per heavy atom. The molecule has 0 saturated carbocycles. The Bertz CT molecular complexity index is 1100. The molecule has 3 rings (SSSR count). The smallest absolute Gasteiger partial charge is 0.267 e. The second-order valence-corrected chi connectivity index (χ2v) is 5.90. The molecule has 134 valence electrons. The fourth-order valence-electron chi connectivity index (χ4n) is 2.80. The number of para-hydroxylation sites is 1. The van der Waals surface area contributed by atoms with E-state index in [1.54, 1.807) is 0 Å². The number of hydroxylamine groups is 1. The number of amides is 1. The molecule has 1 aromatic heterocycles. The lowest BCUT2D eigenvalue weighted by Crippen LogP contribution is -2.16. The second kappa shape index (κ2) is 8.47. The number of rotatable bonds is 7. The van der Waals surface area contributed by atoms with E-state index in [9.17, 15) is 4.79 Å². The molecule has 0 unspecified atom stereocenters. The molecule has 0 aliphatic heterocycles. The Morgan fingerprint density at radius 1 is 1.27 bits per heavy atom. The first-order valence-corrected chi connectivity index (χ1v) is 8.33. The van der Waals surface area contributed by atoms with Crippen molar-refractivity contribution in [3.05, 3.63) is 76.9 Å². The third kappa shape index (κ3) is 4.39. The van der Waals surface area contributed by atoms with E-state index in [0.717, 1.165) is 29.8 Å². The highest BCUT2D eigenvalue weighted by molar-refractivity contribution is 5.90. The van der Waals surface area contributed by atoms with Gasteiger partial charge >= 0.3 is 0 Å². The van der Waals surface area contributed by atoms with Crippen LogP contribution in [0.3, 0.4) is 0 Å². The van der Waals surface area contributed by atoms with Crippen LogP contribution in [0, 0.1) is 6.92 Å². The molecular weight excluding hydrogens is 326 g/mol. The number of fused-ring (bicyclic) bond motifs is 1. The Hall–Kier alpha value is -2.89. The van der Waals surface area contributed by atoms with E-state index >= 15 is 0 Å². The van der Waals surface area contributed by atoms with Crippen molar-refractivity contribution in [3.8, 4) is 0 Å². The summed E-state index contributed by atoms with van der Waals surface area (Å²) in [5, 5.41) is 12.9. The molecule has 1 heterocycles. The van der Waals surface area contributed by atoms with Crippen molar-refractivity contribution >= 4 is 22.9 Å². The van der Waals surface area contributed by atoms with Gasteiger partial charge in [0.1, 0.15) is 0 Å². The number of aromatic nitrogens is 1. The standard InChI is InChI=1S/C21H23N3O2/c1-15-18(19-4-2-3-5-20(19)23-15)12-13-22-14-17-8-6-16(7-9-17)10-11-21(25)24-26/h2-11,22-23,26H,12-14H2,1H3,(H,24,25)/b11-10+/i6D,7D,8D,9D. The van der Waals surface area contributed by atoms with Gasteiger partial charge in [-0.3, -0.25) is 10.0 Å². The molecule has 0 atom stereocenters. The minimum absolute atomic E-state index is 0.00762. The number of carbonyl (C=O) groups is 1. The predicted octanol–water partition coefficient (Wildman–Crippen LogP) is 3.33. The van der Waals surface area contributed by atoms with Crippen LogP contribution < -0.4 is 10.8 Å². The average Bonchev–Trinajstić information content (AvgIpc) is 3.06. The van der Waals surface area contributed by atoms with E-state index in [1.807, 2.05) is 25.1 Å². The SMILES string of the molecule is [2H]c1c([2H])c(CNCCc2c(C)[nH]c3ccccc23)c([2H])c([2H])c1/C=C/C(=O)NO. The van der Waals surface area contributed by atoms with Gasteiger partial charge in [-0.15, -0.1) is 0 Å². The molecule has 0 aliphatic carbocycles. The third-order valence-electron chi connectivity index (χ3n) is 4.09. The van der Waals surface area contributed by atoms with Crippen molar-refractivity contribution in [1.82, 2.24) is 15.8 Å². The van der Waals surface area contributed by atoms with Gasteiger partial charge in [0.25, 0.3) is 5.91 Å². The van der Waals surface area contributed by atoms with E-state index in [0.29, 0.717) is 6.54 Å². The number of hydrogen-bond acceptors (Lipinski definition) is 3. The summed E-state index contributed by atoms with van der Waals surface area (Å²) in [6.45, 7) is 2.83. The van der Waals surface area contributed by atoms with Gasteiger partial charge < -0.3 is 10.3 Å². The Kier molecular flexibility index (Phi) is 4.34. The summed E-state index contributed by atoms with van der Waals surface area (Å²) in [5.74, 6) is -0.815. The van der Waals surface area contributed by atoms with Gasteiger partial charge in [0.05, 0.1) is 5.48 Å². The van der Waals surface area contributed by atoms with Crippen LogP contribution in [-0.4, -0.2) is 22.6 Å². The summed E-state index contributed by atoms with van der Waals surface area (Å²) in [6.07, 6.45) is 2.87. The van der Waals surface area contributed by atoms with Gasteiger partial charge in [0.15, 0.2) is 0 Å². The Morgan fingerprint density at radius 3 is 2.81 bits per heavy atom. The summed E-state index contributed by atoms with van der Waals surface area (Å²) in [6, 6.07) is 7.30. The molecule has 0 radical (unpaired) electrons. The highest BCUT2D eigenvalue weighted by Crippen LogP contribution is 2.21. The van der Waals surface area contributed by atoms with Crippen LogP contribution in [0.2, 0.25) is 0 Å². The second-order valence-electron chi connectivity index (χ2n) is 5.90. The van der Waals surface area contributed by atoms with Crippen LogP contribution in [0.5, 0.6) is 0 Å². The molecule has 0 saturated heterocycles. The molecule has 0 aliphatic rings. The summed E-state index contributed by atoms with van der Waals surface area (Å²) in [4.78, 5) is 14.5. The zero-order valence-electron chi connectivity index (χ0n) is 18.4. The van der Waals surface area contributed by atoms with Crippen molar-refractivity contribution < 1.29 is 15.5 Å². The Balaban J connectivity index is 1.73. The van der Waals surface area contributed by atoms with Crippen LogP contribution in [0.1, 0.15) is 27.9 Å². The lowest BCUT2D eigenvalue weighted by atomic mass is 10.1. The average molecular weight is 353 g/mol. The van der Waals surface area contributed by atoms with E-state index in [4.69, 9.17) is 10.7 Å². The Labute approximate surface area is 158 Å². The molecular formula is C21H23N3O2. The maximum absolute atomic E-state index is 11.1. The van der Waals surface area contributed by atoms with E-state index in [2.05, 4.69) is 16.4 Å². The van der Waals surface area contributed by atoms with Gasteiger partial charge in [-0.2, -0.15) is 0 Å². The highest BCUT2D eigenvalue weighted by atomic mass is 16.5. The molecule has 2 aromatic carbocycles. The van der Waals surface area contributed by atoms with Crippen molar-refractivity contribution in [2.24, 2.45) is 0 Å². The molecule has 5 nitrogen and oxygen atoms in total. The highest BCUT2D eigenvalue weighted by Gasteiger charge is 2.07. The molecule has 26 heavy (non-hydrogen) atoms. The number of aryl methyl sites for hydroxylation is 1. The van der Waals surface area contributed by atoms with Crippen LogP contribution in [0.25, 0.3) is 17.0 Å². The molecule has 0 bridgehead atoms. The zero-order chi connectivity index (χ0) is 21.8. The quantitative estimate of drug-likeness (QED) is 0.228. The van der Waals surface area contributed by atoms with Crippen molar-refractivity contribution in [2.45, 2.75) is 19.9 Å². The fraction of sp³-hybridized carbons (Fsp3) is 0.190. The van der Waals surface area contributed by atoms with E-state index < -0.39 is 5.91 Å². The normalized spacial score (nSPS) is 13.5. The summed E-state index contributed by atoms with van der Waals surface area (Å²) in [5.41, 5.74) is 5.08. The predicted molar refractivity (Wildman–Crippen MR) is 104 cm³/mol.